The summed E-state index contributed by atoms with van der Waals surface area (Å²) in [5.74, 6) is 0. The van der Waals surface area contributed by atoms with E-state index in [0.29, 0.717) is 12.1 Å². The number of hydrogen-bond donors (Lipinski definition) is 0. The van der Waals surface area contributed by atoms with Gasteiger partial charge in [0.2, 0.25) is 0 Å². The van der Waals surface area contributed by atoms with E-state index in [1.165, 1.54) is 141 Å². The Morgan fingerprint density at radius 2 is 0.891 bits per heavy atom. The number of fused-ring (bicyclic) bond motifs is 6. The van der Waals surface area contributed by atoms with Crippen LogP contribution in [0, 0.1) is 13.8 Å². The summed E-state index contributed by atoms with van der Waals surface area (Å²) in [7, 11) is 0. The molecule has 0 amide bonds. The normalized spacial score (nSPS) is 16.7. The van der Waals surface area contributed by atoms with Gasteiger partial charge in [-0.15, -0.1) is 0 Å². The molecule has 2 fully saturated rings. The summed E-state index contributed by atoms with van der Waals surface area (Å²) in [6.45, 7) is 4.54. The quantitative estimate of drug-likeness (QED) is 0.201. The molecule has 0 radical (unpaired) electrons. The zero-order valence-electron chi connectivity index (χ0n) is 27.1. The molecule has 0 atom stereocenters. The highest BCUT2D eigenvalue weighted by Crippen LogP contribution is 2.42. The second-order valence-corrected chi connectivity index (χ2v) is 14.1. The van der Waals surface area contributed by atoms with Gasteiger partial charge >= 0.3 is 0 Å². The first-order chi connectivity index (χ1) is 22.7. The molecule has 0 aliphatic heterocycles. The van der Waals surface area contributed by atoms with Crippen molar-refractivity contribution in [1.29, 1.82) is 0 Å². The molecule has 0 spiro atoms. The maximum atomic E-state index is 4.55. The second kappa shape index (κ2) is 11.1. The molecule has 4 heteroatoms. The van der Waals surface area contributed by atoms with Crippen LogP contribution in [-0.4, -0.2) is 19.1 Å². The van der Waals surface area contributed by atoms with E-state index >= 15 is 0 Å². The number of hydrogen-bond acceptors (Lipinski definition) is 2. The molecule has 0 saturated heterocycles. The minimum Gasteiger partial charge on any atom is -0.337 e. The first-order valence-corrected chi connectivity index (χ1v) is 17.5. The Labute approximate surface area is 271 Å². The van der Waals surface area contributed by atoms with Crippen LogP contribution < -0.4 is 0 Å². The third-order valence-corrected chi connectivity index (χ3v) is 11.3. The molecule has 4 nitrogen and oxygen atoms in total. The van der Waals surface area contributed by atoms with Gasteiger partial charge in [0, 0.05) is 69.4 Å². The number of nitrogens with zero attached hydrogens (tertiary/aromatic N) is 4. The molecule has 9 rings (SSSR count). The molecule has 2 saturated carbocycles. The molecule has 230 valence electrons. The van der Waals surface area contributed by atoms with Crippen molar-refractivity contribution in [2.24, 2.45) is 0 Å². The Morgan fingerprint density at radius 3 is 1.33 bits per heavy atom. The van der Waals surface area contributed by atoms with Gasteiger partial charge in [0.25, 0.3) is 0 Å². The Bertz CT molecular complexity index is 2090. The summed E-state index contributed by atoms with van der Waals surface area (Å²) in [6.07, 6.45) is 21.2. The lowest BCUT2D eigenvalue weighted by Crippen LogP contribution is -2.12. The van der Waals surface area contributed by atoms with Crippen LogP contribution >= 0.6 is 0 Å². The van der Waals surface area contributed by atoms with Crippen LogP contribution in [0.4, 0.5) is 0 Å². The first-order valence-electron chi connectivity index (χ1n) is 17.5. The summed E-state index contributed by atoms with van der Waals surface area (Å²) >= 11 is 0. The highest BCUT2D eigenvalue weighted by Gasteiger charge is 2.23. The van der Waals surface area contributed by atoms with Crippen molar-refractivity contribution in [3.63, 3.8) is 0 Å². The van der Waals surface area contributed by atoms with E-state index in [0.717, 1.165) is 0 Å². The number of benzene rings is 3. The SMILES string of the molecule is Cc1cc(-c2ccc3c(c2)c2cnccc2n3C2CCCCC2)c(C)cc1-c1ccc2c(c1)c1cnccc1n2C1CCCCC1. The van der Waals surface area contributed by atoms with Gasteiger partial charge in [-0.2, -0.15) is 0 Å². The molecule has 7 aromatic rings. The number of aryl methyl sites for hydroxylation is 2. The van der Waals surface area contributed by atoms with Gasteiger partial charge in [-0.05, 0) is 109 Å². The molecular weight excluding hydrogens is 560 g/mol. The number of pyridine rings is 2. The van der Waals surface area contributed by atoms with E-state index in [-0.39, 0.29) is 0 Å². The van der Waals surface area contributed by atoms with Crippen molar-refractivity contribution in [2.75, 3.05) is 0 Å². The summed E-state index contributed by atoms with van der Waals surface area (Å²) in [5.41, 5.74) is 13.1. The van der Waals surface area contributed by atoms with Gasteiger partial charge in [0.15, 0.2) is 0 Å². The van der Waals surface area contributed by atoms with Crippen molar-refractivity contribution in [1.82, 2.24) is 19.1 Å². The van der Waals surface area contributed by atoms with Gasteiger partial charge in [0.05, 0.1) is 11.0 Å². The minimum atomic E-state index is 0.579. The summed E-state index contributed by atoms with van der Waals surface area (Å²) in [4.78, 5) is 9.10. The average Bonchev–Trinajstić information content (AvgIpc) is 3.62. The fourth-order valence-electron chi connectivity index (χ4n) is 9.03. The molecular formula is C42H42N4. The lowest BCUT2D eigenvalue weighted by atomic mass is 9.91. The molecule has 4 aromatic heterocycles. The third-order valence-electron chi connectivity index (χ3n) is 11.3. The maximum absolute atomic E-state index is 4.55. The topological polar surface area (TPSA) is 35.6 Å². The van der Waals surface area contributed by atoms with Gasteiger partial charge in [-0.1, -0.05) is 62.8 Å². The molecule has 0 bridgehead atoms. The Balaban J connectivity index is 1.14. The van der Waals surface area contributed by atoms with Gasteiger partial charge in [-0.25, -0.2) is 0 Å². The van der Waals surface area contributed by atoms with Crippen LogP contribution in [0.1, 0.15) is 87.4 Å². The molecule has 2 aliphatic rings. The van der Waals surface area contributed by atoms with E-state index < -0.39 is 0 Å². The van der Waals surface area contributed by atoms with Crippen LogP contribution in [-0.2, 0) is 0 Å². The molecule has 4 heterocycles. The van der Waals surface area contributed by atoms with Crippen molar-refractivity contribution < 1.29 is 0 Å². The maximum Gasteiger partial charge on any atom is 0.0525 e. The van der Waals surface area contributed by atoms with Crippen molar-refractivity contribution in [2.45, 2.75) is 90.1 Å². The number of rotatable bonds is 4. The van der Waals surface area contributed by atoms with Crippen LogP contribution in [0.3, 0.4) is 0 Å². The van der Waals surface area contributed by atoms with Gasteiger partial charge in [-0.3, -0.25) is 9.97 Å². The van der Waals surface area contributed by atoms with Crippen LogP contribution in [0.2, 0.25) is 0 Å². The highest BCUT2D eigenvalue weighted by atomic mass is 15.0. The zero-order valence-corrected chi connectivity index (χ0v) is 27.1. The van der Waals surface area contributed by atoms with E-state index in [9.17, 15) is 0 Å². The molecule has 3 aromatic carbocycles. The van der Waals surface area contributed by atoms with E-state index in [1.54, 1.807) is 0 Å². The largest absolute Gasteiger partial charge is 0.337 e. The Hall–Kier alpha value is -4.44. The van der Waals surface area contributed by atoms with E-state index in [2.05, 4.69) is 106 Å². The van der Waals surface area contributed by atoms with E-state index in [1.807, 2.05) is 12.4 Å². The van der Waals surface area contributed by atoms with Crippen molar-refractivity contribution in [3.8, 4) is 22.3 Å². The van der Waals surface area contributed by atoms with Crippen LogP contribution in [0.15, 0.2) is 85.5 Å². The minimum absolute atomic E-state index is 0.579. The van der Waals surface area contributed by atoms with Gasteiger partial charge < -0.3 is 9.13 Å². The standard InChI is InChI=1S/C42H42N4/c1-27-21-34(30-14-16-40-36(24-30)38-26-44-20-18-42(38)46(40)32-11-7-4-8-12-32)28(2)22-33(27)29-13-15-39-35(23-29)37-25-43-19-17-41(37)45(39)31-9-5-3-6-10-31/h13-26,31-32H,3-12H2,1-2H3. The summed E-state index contributed by atoms with van der Waals surface area (Å²) < 4.78 is 5.24. The lowest BCUT2D eigenvalue weighted by Gasteiger charge is -2.25. The Kier molecular flexibility index (Phi) is 6.73. The van der Waals surface area contributed by atoms with Crippen LogP contribution in [0.25, 0.3) is 65.9 Å². The highest BCUT2D eigenvalue weighted by molar-refractivity contribution is 6.10. The fraction of sp³-hybridized carbons (Fsp3) is 0.333. The predicted molar refractivity (Wildman–Crippen MR) is 193 cm³/mol. The molecule has 2 aliphatic carbocycles. The van der Waals surface area contributed by atoms with E-state index in [4.69, 9.17) is 0 Å². The second-order valence-electron chi connectivity index (χ2n) is 14.1. The zero-order chi connectivity index (χ0) is 30.8. The fourth-order valence-corrected chi connectivity index (χ4v) is 9.03. The van der Waals surface area contributed by atoms with Gasteiger partial charge in [0.1, 0.15) is 0 Å². The first kappa shape index (κ1) is 27.8. The monoisotopic (exact) mass is 602 g/mol. The summed E-state index contributed by atoms with van der Waals surface area (Å²) in [5, 5.41) is 5.18. The summed E-state index contributed by atoms with van der Waals surface area (Å²) in [6, 6.07) is 24.6. The smallest absolute Gasteiger partial charge is 0.0525 e. The predicted octanol–water partition coefficient (Wildman–Crippen LogP) is 11.7. The average molecular weight is 603 g/mol. The third kappa shape index (κ3) is 4.40. The Morgan fingerprint density at radius 1 is 0.478 bits per heavy atom. The molecule has 46 heavy (non-hydrogen) atoms. The van der Waals surface area contributed by atoms with Crippen molar-refractivity contribution >= 4 is 43.6 Å². The molecule has 0 N–H and O–H groups in total. The van der Waals surface area contributed by atoms with Crippen LogP contribution in [0.5, 0.6) is 0 Å². The lowest BCUT2D eigenvalue weighted by molar-refractivity contribution is 0.367. The van der Waals surface area contributed by atoms with Crippen molar-refractivity contribution in [3.05, 3.63) is 96.6 Å². The number of aromatic nitrogens is 4. The molecule has 0 unspecified atom stereocenters.